The first-order valence-corrected chi connectivity index (χ1v) is 9.52. The van der Waals surface area contributed by atoms with Crippen LogP contribution in [0.15, 0.2) is 38.4 Å². The molecule has 0 atom stereocenters. The zero-order valence-electron chi connectivity index (χ0n) is 15.7. The van der Waals surface area contributed by atoms with E-state index >= 15 is 0 Å². The SMILES string of the molecule is CCc1nc(-c2c3n(c(=O)n(Cc4ccc(F)cc4)c2=O)CCCCC3)no1. The normalized spacial score (nSPS) is 13.9. The van der Waals surface area contributed by atoms with Crippen molar-refractivity contribution in [2.24, 2.45) is 0 Å². The summed E-state index contributed by atoms with van der Waals surface area (Å²) >= 11 is 0. The average molecular weight is 384 g/mol. The minimum Gasteiger partial charge on any atom is -0.339 e. The highest BCUT2D eigenvalue weighted by atomic mass is 19.1. The van der Waals surface area contributed by atoms with Crippen molar-refractivity contribution in [3.8, 4) is 11.4 Å². The molecule has 0 spiro atoms. The molecule has 146 valence electrons. The van der Waals surface area contributed by atoms with Crippen LogP contribution in [0.2, 0.25) is 0 Å². The molecule has 8 heteroatoms. The molecule has 28 heavy (non-hydrogen) atoms. The Balaban J connectivity index is 1.92. The predicted molar refractivity (Wildman–Crippen MR) is 101 cm³/mol. The van der Waals surface area contributed by atoms with Crippen LogP contribution in [0.3, 0.4) is 0 Å². The van der Waals surface area contributed by atoms with Gasteiger partial charge in [0.2, 0.25) is 11.7 Å². The van der Waals surface area contributed by atoms with Crippen molar-refractivity contribution in [1.82, 2.24) is 19.3 Å². The van der Waals surface area contributed by atoms with E-state index in [1.54, 1.807) is 16.7 Å². The molecule has 3 aromatic rings. The Morgan fingerprint density at radius 1 is 1.14 bits per heavy atom. The highest BCUT2D eigenvalue weighted by molar-refractivity contribution is 5.56. The van der Waals surface area contributed by atoms with Crippen molar-refractivity contribution in [3.63, 3.8) is 0 Å². The first-order valence-electron chi connectivity index (χ1n) is 9.52. The van der Waals surface area contributed by atoms with Gasteiger partial charge in [0.05, 0.1) is 6.54 Å². The zero-order chi connectivity index (χ0) is 19.7. The predicted octanol–water partition coefficient (Wildman–Crippen LogP) is 2.54. The molecule has 0 unspecified atom stereocenters. The fraction of sp³-hybridized carbons (Fsp3) is 0.400. The number of fused-ring (bicyclic) bond motifs is 1. The summed E-state index contributed by atoms with van der Waals surface area (Å²) in [6, 6.07) is 5.77. The van der Waals surface area contributed by atoms with Gasteiger partial charge >= 0.3 is 5.69 Å². The van der Waals surface area contributed by atoms with Crippen LogP contribution in [0.4, 0.5) is 4.39 Å². The fourth-order valence-electron chi connectivity index (χ4n) is 3.61. The summed E-state index contributed by atoms with van der Waals surface area (Å²) in [7, 11) is 0. The molecule has 0 saturated carbocycles. The van der Waals surface area contributed by atoms with Crippen LogP contribution in [0.5, 0.6) is 0 Å². The van der Waals surface area contributed by atoms with Gasteiger partial charge in [-0.3, -0.25) is 13.9 Å². The third-order valence-corrected chi connectivity index (χ3v) is 5.08. The lowest BCUT2D eigenvalue weighted by atomic mass is 10.1. The standard InChI is InChI=1S/C20H21FN4O3/c1-2-16-22-18(23-28-16)17-15-6-4-3-5-11-24(15)20(27)25(19(17)26)12-13-7-9-14(21)10-8-13/h7-10H,2-6,11-12H2,1H3. The topological polar surface area (TPSA) is 82.9 Å². The first-order chi connectivity index (χ1) is 13.6. The van der Waals surface area contributed by atoms with Crippen LogP contribution in [0.25, 0.3) is 11.4 Å². The van der Waals surface area contributed by atoms with E-state index < -0.39 is 5.56 Å². The number of aromatic nitrogens is 4. The second kappa shape index (κ2) is 7.53. The molecule has 1 aliphatic rings. The first kappa shape index (κ1) is 18.3. The van der Waals surface area contributed by atoms with E-state index in [1.807, 2.05) is 6.92 Å². The molecule has 3 heterocycles. The van der Waals surface area contributed by atoms with Crippen molar-refractivity contribution in [3.05, 3.63) is 68.1 Å². The van der Waals surface area contributed by atoms with Gasteiger partial charge in [0.15, 0.2) is 0 Å². The number of hydrogen-bond acceptors (Lipinski definition) is 5. The molecule has 0 fully saturated rings. The second-order valence-corrected chi connectivity index (χ2v) is 6.95. The summed E-state index contributed by atoms with van der Waals surface area (Å²) in [5.74, 6) is 0.299. The molecule has 4 rings (SSSR count). The smallest absolute Gasteiger partial charge is 0.331 e. The molecule has 1 aliphatic heterocycles. The van der Waals surface area contributed by atoms with Gasteiger partial charge in [-0.15, -0.1) is 0 Å². The maximum absolute atomic E-state index is 13.3. The van der Waals surface area contributed by atoms with Gasteiger partial charge in [-0.2, -0.15) is 4.98 Å². The van der Waals surface area contributed by atoms with Crippen LogP contribution >= 0.6 is 0 Å². The third-order valence-electron chi connectivity index (χ3n) is 5.08. The van der Waals surface area contributed by atoms with E-state index in [9.17, 15) is 14.0 Å². The Hall–Kier alpha value is -3.03. The summed E-state index contributed by atoms with van der Waals surface area (Å²) in [6.45, 7) is 2.49. The van der Waals surface area contributed by atoms with Crippen LogP contribution in [-0.2, 0) is 25.9 Å². The number of halogens is 1. The Kier molecular flexibility index (Phi) is 4.93. The van der Waals surface area contributed by atoms with Crippen LogP contribution in [-0.4, -0.2) is 19.3 Å². The van der Waals surface area contributed by atoms with Gasteiger partial charge < -0.3 is 4.52 Å². The molecule has 0 amide bonds. The van der Waals surface area contributed by atoms with E-state index in [2.05, 4.69) is 10.1 Å². The van der Waals surface area contributed by atoms with Crippen molar-refractivity contribution in [2.45, 2.75) is 52.1 Å². The average Bonchev–Trinajstić information content (AvgIpc) is 3.03. The van der Waals surface area contributed by atoms with Crippen molar-refractivity contribution in [1.29, 1.82) is 0 Å². The summed E-state index contributed by atoms with van der Waals surface area (Å²) in [5.41, 5.74) is 0.876. The van der Waals surface area contributed by atoms with Gasteiger partial charge in [-0.05, 0) is 37.0 Å². The highest BCUT2D eigenvalue weighted by Gasteiger charge is 2.25. The van der Waals surface area contributed by atoms with Gasteiger partial charge in [0.25, 0.3) is 5.56 Å². The Morgan fingerprint density at radius 2 is 1.93 bits per heavy atom. The lowest BCUT2D eigenvalue weighted by Gasteiger charge is -2.16. The van der Waals surface area contributed by atoms with E-state index in [4.69, 9.17) is 4.52 Å². The molecular weight excluding hydrogens is 363 g/mol. The largest absolute Gasteiger partial charge is 0.339 e. The number of aryl methyl sites for hydroxylation is 1. The second-order valence-electron chi connectivity index (χ2n) is 6.95. The van der Waals surface area contributed by atoms with Crippen LogP contribution < -0.4 is 11.2 Å². The van der Waals surface area contributed by atoms with Crippen LogP contribution in [0.1, 0.15) is 43.3 Å². The van der Waals surface area contributed by atoms with Gasteiger partial charge in [0, 0.05) is 18.7 Å². The van der Waals surface area contributed by atoms with E-state index in [-0.39, 0.29) is 23.9 Å². The number of rotatable bonds is 4. The Morgan fingerprint density at radius 3 is 2.64 bits per heavy atom. The quantitative estimate of drug-likeness (QED) is 0.690. The van der Waals surface area contributed by atoms with Crippen molar-refractivity contribution >= 4 is 0 Å². The monoisotopic (exact) mass is 384 g/mol. The number of hydrogen-bond donors (Lipinski definition) is 0. The molecule has 0 N–H and O–H groups in total. The van der Waals surface area contributed by atoms with Gasteiger partial charge in [-0.25, -0.2) is 9.18 Å². The lowest BCUT2D eigenvalue weighted by Crippen LogP contribution is -2.42. The molecule has 0 bridgehead atoms. The highest BCUT2D eigenvalue weighted by Crippen LogP contribution is 2.22. The maximum Gasteiger partial charge on any atom is 0.331 e. The Labute approximate surface area is 160 Å². The summed E-state index contributed by atoms with van der Waals surface area (Å²) < 4.78 is 21.3. The van der Waals surface area contributed by atoms with E-state index in [0.29, 0.717) is 42.1 Å². The molecule has 2 aromatic heterocycles. The minimum atomic E-state index is -0.439. The summed E-state index contributed by atoms with van der Waals surface area (Å²) in [6.07, 6.45) is 3.93. The third kappa shape index (κ3) is 3.30. The molecule has 0 aliphatic carbocycles. The molecular formula is C20H21FN4O3. The van der Waals surface area contributed by atoms with Crippen molar-refractivity contribution in [2.75, 3.05) is 0 Å². The fourth-order valence-corrected chi connectivity index (χ4v) is 3.61. The number of benzene rings is 1. The van der Waals surface area contributed by atoms with E-state index in [0.717, 1.165) is 19.3 Å². The maximum atomic E-state index is 13.3. The lowest BCUT2D eigenvalue weighted by molar-refractivity contribution is 0.382. The van der Waals surface area contributed by atoms with Crippen LogP contribution in [0, 0.1) is 5.82 Å². The molecule has 0 radical (unpaired) electrons. The molecule has 0 saturated heterocycles. The van der Waals surface area contributed by atoms with Gasteiger partial charge in [-0.1, -0.05) is 30.6 Å². The van der Waals surface area contributed by atoms with Crippen molar-refractivity contribution < 1.29 is 8.91 Å². The molecule has 1 aromatic carbocycles. The van der Waals surface area contributed by atoms with Gasteiger partial charge in [0.1, 0.15) is 11.4 Å². The summed E-state index contributed by atoms with van der Waals surface area (Å²) in [4.78, 5) is 30.7. The van der Waals surface area contributed by atoms with E-state index in [1.165, 1.54) is 16.7 Å². The number of nitrogens with zero attached hydrogens (tertiary/aromatic N) is 4. The zero-order valence-corrected chi connectivity index (χ0v) is 15.7. The minimum absolute atomic E-state index is 0.0592. The molecule has 7 nitrogen and oxygen atoms in total. The summed E-state index contributed by atoms with van der Waals surface area (Å²) in [5, 5.41) is 3.98. The Bertz CT molecular complexity index is 1110.